The summed E-state index contributed by atoms with van der Waals surface area (Å²) in [5, 5.41) is 0. The minimum absolute atomic E-state index is 0.127. The summed E-state index contributed by atoms with van der Waals surface area (Å²) in [5.41, 5.74) is 6.85. The van der Waals surface area contributed by atoms with E-state index in [4.69, 9.17) is 5.73 Å². The summed E-state index contributed by atoms with van der Waals surface area (Å²) in [7, 11) is 0. The van der Waals surface area contributed by atoms with E-state index in [9.17, 15) is 0 Å². The Morgan fingerprint density at radius 1 is 1.11 bits per heavy atom. The number of fused-ring (bicyclic) bond motifs is 1. The van der Waals surface area contributed by atoms with Gasteiger partial charge in [-0.25, -0.2) is 0 Å². The Kier molecular flexibility index (Phi) is 3.68. The SMILES string of the molecule is CC1CCCC(N)(CN2CCCC3CCCC32)C1. The first-order chi connectivity index (χ1) is 8.66. The molecule has 18 heavy (non-hydrogen) atoms. The molecule has 3 aliphatic rings. The number of hydrogen-bond acceptors (Lipinski definition) is 2. The Balaban J connectivity index is 1.64. The van der Waals surface area contributed by atoms with Gasteiger partial charge in [-0.2, -0.15) is 0 Å². The Morgan fingerprint density at radius 2 is 1.94 bits per heavy atom. The molecule has 1 saturated heterocycles. The molecule has 3 rings (SSSR count). The van der Waals surface area contributed by atoms with Crippen molar-refractivity contribution in [3.63, 3.8) is 0 Å². The van der Waals surface area contributed by atoms with Crippen molar-refractivity contribution in [2.75, 3.05) is 13.1 Å². The lowest BCUT2D eigenvalue weighted by molar-refractivity contribution is 0.0677. The van der Waals surface area contributed by atoms with Gasteiger partial charge < -0.3 is 5.73 Å². The smallest absolute Gasteiger partial charge is 0.0286 e. The number of rotatable bonds is 2. The standard InChI is InChI=1S/C16H30N2/c1-13-5-3-9-16(17,11-13)12-18-10-4-7-14-6-2-8-15(14)18/h13-15H,2-12,17H2,1H3. The van der Waals surface area contributed by atoms with Gasteiger partial charge in [0, 0.05) is 18.1 Å². The van der Waals surface area contributed by atoms with Crippen molar-refractivity contribution in [1.82, 2.24) is 4.90 Å². The van der Waals surface area contributed by atoms with Crippen LogP contribution in [0.2, 0.25) is 0 Å². The highest BCUT2D eigenvalue weighted by Gasteiger charge is 2.39. The second-order valence-electron chi connectivity index (χ2n) is 7.43. The predicted octanol–water partition coefficient (Wildman–Crippen LogP) is 3.16. The van der Waals surface area contributed by atoms with E-state index in [1.807, 2.05) is 0 Å². The summed E-state index contributed by atoms with van der Waals surface area (Å²) in [6.45, 7) is 4.88. The van der Waals surface area contributed by atoms with Crippen molar-refractivity contribution >= 4 is 0 Å². The third-order valence-corrected chi connectivity index (χ3v) is 5.75. The molecule has 0 aromatic carbocycles. The fraction of sp³-hybridized carbons (Fsp3) is 1.00. The fourth-order valence-electron chi connectivity index (χ4n) is 5.00. The summed E-state index contributed by atoms with van der Waals surface area (Å²) >= 11 is 0. The second kappa shape index (κ2) is 5.13. The Morgan fingerprint density at radius 3 is 2.78 bits per heavy atom. The fourth-order valence-corrected chi connectivity index (χ4v) is 5.00. The van der Waals surface area contributed by atoms with Gasteiger partial charge in [0.05, 0.1) is 0 Å². The van der Waals surface area contributed by atoms with E-state index in [0.717, 1.165) is 17.9 Å². The highest BCUT2D eigenvalue weighted by atomic mass is 15.2. The summed E-state index contributed by atoms with van der Waals surface area (Å²) in [6, 6.07) is 0.886. The first-order valence-corrected chi connectivity index (χ1v) is 8.19. The molecule has 4 unspecified atom stereocenters. The van der Waals surface area contributed by atoms with Crippen molar-refractivity contribution < 1.29 is 0 Å². The van der Waals surface area contributed by atoms with Crippen LogP contribution in [0, 0.1) is 11.8 Å². The number of hydrogen-bond donors (Lipinski definition) is 1. The lowest BCUT2D eigenvalue weighted by Crippen LogP contribution is -2.56. The maximum absolute atomic E-state index is 6.72. The molecule has 2 saturated carbocycles. The van der Waals surface area contributed by atoms with Crippen LogP contribution in [0.4, 0.5) is 0 Å². The molecule has 3 fully saturated rings. The van der Waals surface area contributed by atoms with Crippen LogP contribution in [-0.2, 0) is 0 Å². The van der Waals surface area contributed by atoms with Crippen LogP contribution in [0.3, 0.4) is 0 Å². The van der Waals surface area contributed by atoms with E-state index in [-0.39, 0.29) is 5.54 Å². The van der Waals surface area contributed by atoms with Crippen molar-refractivity contribution in [2.24, 2.45) is 17.6 Å². The molecule has 0 spiro atoms. The van der Waals surface area contributed by atoms with Gasteiger partial charge in [0.25, 0.3) is 0 Å². The third kappa shape index (κ3) is 2.60. The first kappa shape index (κ1) is 12.9. The number of likely N-dealkylation sites (tertiary alicyclic amines) is 1. The zero-order valence-corrected chi connectivity index (χ0v) is 12.0. The van der Waals surface area contributed by atoms with Crippen molar-refractivity contribution in [2.45, 2.75) is 76.3 Å². The third-order valence-electron chi connectivity index (χ3n) is 5.75. The first-order valence-electron chi connectivity index (χ1n) is 8.19. The number of piperidine rings is 1. The van der Waals surface area contributed by atoms with Gasteiger partial charge in [0.2, 0.25) is 0 Å². The normalized spacial score (nSPS) is 46.0. The largest absolute Gasteiger partial charge is 0.324 e. The molecule has 2 nitrogen and oxygen atoms in total. The van der Waals surface area contributed by atoms with Gasteiger partial charge in [-0.15, -0.1) is 0 Å². The van der Waals surface area contributed by atoms with Crippen LogP contribution < -0.4 is 5.73 Å². The zero-order valence-electron chi connectivity index (χ0n) is 12.0. The van der Waals surface area contributed by atoms with Crippen molar-refractivity contribution in [3.05, 3.63) is 0 Å². The molecule has 0 amide bonds. The lowest BCUT2D eigenvalue weighted by Gasteiger charge is -2.45. The quantitative estimate of drug-likeness (QED) is 0.815. The van der Waals surface area contributed by atoms with Crippen molar-refractivity contribution in [3.8, 4) is 0 Å². The number of nitrogens with two attached hydrogens (primary N) is 1. The van der Waals surface area contributed by atoms with E-state index in [1.54, 1.807) is 0 Å². The average molecular weight is 250 g/mol. The minimum Gasteiger partial charge on any atom is -0.324 e. The topological polar surface area (TPSA) is 29.3 Å². The molecule has 104 valence electrons. The maximum atomic E-state index is 6.72. The van der Waals surface area contributed by atoms with Crippen LogP contribution in [0.1, 0.15) is 64.7 Å². The molecule has 2 N–H and O–H groups in total. The maximum Gasteiger partial charge on any atom is 0.0286 e. The van der Waals surface area contributed by atoms with Crippen molar-refractivity contribution in [1.29, 1.82) is 0 Å². The summed E-state index contributed by atoms with van der Waals surface area (Å²) in [4.78, 5) is 2.78. The molecule has 0 bridgehead atoms. The monoisotopic (exact) mass is 250 g/mol. The molecule has 2 aliphatic carbocycles. The minimum atomic E-state index is 0.127. The van der Waals surface area contributed by atoms with Gasteiger partial charge in [-0.3, -0.25) is 4.90 Å². The molecular formula is C16H30N2. The van der Waals surface area contributed by atoms with E-state index >= 15 is 0 Å². The summed E-state index contributed by atoms with van der Waals surface area (Å²) < 4.78 is 0. The molecule has 0 aromatic heterocycles. The van der Waals surface area contributed by atoms with Crippen LogP contribution in [0.5, 0.6) is 0 Å². The average Bonchev–Trinajstić information content (AvgIpc) is 2.77. The van der Waals surface area contributed by atoms with Gasteiger partial charge >= 0.3 is 0 Å². The summed E-state index contributed by atoms with van der Waals surface area (Å²) in [6.07, 6.45) is 12.5. The van der Waals surface area contributed by atoms with Gasteiger partial charge in [-0.1, -0.05) is 26.2 Å². The zero-order chi connectivity index (χ0) is 12.6. The van der Waals surface area contributed by atoms with E-state index in [0.29, 0.717) is 0 Å². The van der Waals surface area contributed by atoms with Crippen LogP contribution in [0.25, 0.3) is 0 Å². The van der Waals surface area contributed by atoms with Crippen LogP contribution in [-0.4, -0.2) is 29.6 Å². The Labute approximate surface area is 112 Å². The molecule has 1 aliphatic heterocycles. The highest BCUT2D eigenvalue weighted by Crippen LogP contribution is 2.39. The van der Waals surface area contributed by atoms with E-state index in [2.05, 4.69) is 11.8 Å². The molecule has 0 radical (unpaired) electrons. The highest BCUT2D eigenvalue weighted by molar-refractivity contribution is 4.97. The molecule has 4 atom stereocenters. The van der Waals surface area contributed by atoms with Gasteiger partial charge in [-0.05, 0) is 56.9 Å². The van der Waals surface area contributed by atoms with Crippen LogP contribution >= 0.6 is 0 Å². The Hall–Kier alpha value is -0.0800. The van der Waals surface area contributed by atoms with Gasteiger partial charge in [0.1, 0.15) is 0 Å². The Bertz CT molecular complexity index is 291. The van der Waals surface area contributed by atoms with E-state index in [1.165, 1.54) is 70.9 Å². The lowest BCUT2D eigenvalue weighted by atomic mass is 9.76. The second-order valence-corrected chi connectivity index (χ2v) is 7.43. The summed E-state index contributed by atoms with van der Waals surface area (Å²) in [5.74, 6) is 1.84. The molecule has 2 heteroatoms. The van der Waals surface area contributed by atoms with Gasteiger partial charge in [0.15, 0.2) is 0 Å². The molecular weight excluding hydrogens is 220 g/mol. The molecule has 1 heterocycles. The molecule has 0 aromatic rings. The van der Waals surface area contributed by atoms with Crippen LogP contribution in [0.15, 0.2) is 0 Å². The number of nitrogens with zero attached hydrogens (tertiary/aromatic N) is 1. The predicted molar refractivity (Wildman–Crippen MR) is 76.5 cm³/mol. The van der Waals surface area contributed by atoms with E-state index < -0.39 is 0 Å².